The van der Waals surface area contributed by atoms with Crippen LogP contribution in [0.5, 0.6) is 5.75 Å². The van der Waals surface area contributed by atoms with E-state index in [-0.39, 0.29) is 12.3 Å². The van der Waals surface area contributed by atoms with Crippen molar-refractivity contribution in [1.82, 2.24) is 19.6 Å². The van der Waals surface area contributed by atoms with Crippen LogP contribution in [0.25, 0.3) is 0 Å². The highest BCUT2D eigenvalue weighted by atomic mass is 19.4. The minimum Gasteiger partial charge on any atom is -0.492 e. The minimum absolute atomic E-state index is 0.0456. The highest BCUT2D eigenvalue weighted by Gasteiger charge is 2.39. The first kappa shape index (κ1) is 30.0. The molecule has 226 valence electrons. The molecule has 0 radical (unpaired) electrons. The highest BCUT2D eigenvalue weighted by Crippen LogP contribution is 2.35. The van der Waals surface area contributed by atoms with Crippen LogP contribution < -0.4 is 4.74 Å². The standard InChI is InChI=1S/C32H45F3N4O2/c33-32(34,35)28-8-7-9-29(23-28)38-18-16-37(17-19-38)15-4-1-3-10-31(40)39-24-26-11-12-30(22-27(26)25-39)41-21-20-36-13-5-2-6-14-36/h7-9,11-12,22,28H,1-6,10,13-21,23-25H2. The molecule has 1 unspecified atom stereocenters. The van der Waals surface area contributed by atoms with Crippen molar-refractivity contribution in [3.63, 3.8) is 0 Å². The second kappa shape index (κ2) is 14.1. The molecule has 1 atom stereocenters. The maximum Gasteiger partial charge on any atom is 0.395 e. The van der Waals surface area contributed by atoms with Crippen LogP contribution in [0.3, 0.4) is 0 Å². The molecule has 0 bridgehead atoms. The fourth-order valence-corrected chi connectivity index (χ4v) is 6.44. The van der Waals surface area contributed by atoms with Gasteiger partial charge in [0.25, 0.3) is 0 Å². The summed E-state index contributed by atoms with van der Waals surface area (Å²) in [6, 6.07) is 6.24. The van der Waals surface area contributed by atoms with E-state index in [4.69, 9.17) is 4.74 Å². The van der Waals surface area contributed by atoms with Gasteiger partial charge in [-0.25, -0.2) is 0 Å². The summed E-state index contributed by atoms with van der Waals surface area (Å²) in [7, 11) is 0. The smallest absolute Gasteiger partial charge is 0.395 e. The van der Waals surface area contributed by atoms with E-state index in [1.807, 2.05) is 17.0 Å². The van der Waals surface area contributed by atoms with Gasteiger partial charge in [-0.15, -0.1) is 0 Å². The summed E-state index contributed by atoms with van der Waals surface area (Å²) in [4.78, 5) is 21.8. The second-order valence-electron chi connectivity index (χ2n) is 12.0. The molecule has 1 aromatic rings. The average molecular weight is 575 g/mol. The van der Waals surface area contributed by atoms with Crippen molar-refractivity contribution >= 4 is 5.91 Å². The van der Waals surface area contributed by atoms with Crippen LogP contribution in [0.4, 0.5) is 13.2 Å². The summed E-state index contributed by atoms with van der Waals surface area (Å²) >= 11 is 0. The molecule has 1 aliphatic carbocycles. The third-order valence-corrected chi connectivity index (χ3v) is 9.00. The third-order valence-electron chi connectivity index (χ3n) is 9.00. The van der Waals surface area contributed by atoms with Crippen LogP contribution in [-0.4, -0.2) is 90.6 Å². The number of hydrogen-bond donors (Lipinski definition) is 0. The van der Waals surface area contributed by atoms with Crippen molar-refractivity contribution < 1.29 is 22.7 Å². The lowest BCUT2D eigenvalue weighted by atomic mass is 9.96. The zero-order valence-corrected chi connectivity index (χ0v) is 24.2. The van der Waals surface area contributed by atoms with Crippen molar-refractivity contribution in [2.24, 2.45) is 5.92 Å². The molecule has 1 amide bonds. The number of likely N-dealkylation sites (tertiary alicyclic amines) is 1. The lowest BCUT2D eigenvalue weighted by Crippen LogP contribution is -2.46. The zero-order chi connectivity index (χ0) is 28.7. The number of piperidine rings is 1. The Balaban J connectivity index is 0.939. The van der Waals surface area contributed by atoms with Gasteiger partial charge in [0.05, 0.1) is 5.92 Å². The molecule has 2 fully saturated rings. The molecule has 0 spiro atoms. The molecule has 0 N–H and O–H groups in total. The van der Waals surface area contributed by atoms with Gasteiger partial charge in [-0.1, -0.05) is 31.1 Å². The van der Waals surface area contributed by atoms with Gasteiger partial charge in [0.15, 0.2) is 0 Å². The van der Waals surface area contributed by atoms with Crippen LogP contribution in [0.15, 0.2) is 42.1 Å². The van der Waals surface area contributed by atoms with Crippen molar-refractivity contribution in [1.29, 1.82) is 0 Å². The molecule has 1 aromatic carbocycles. The first-order valence-electron chi connectivity index (χ1n) is 15.5. The van der Waals surface area contributed by atoms with E-state index in [1.54, 1.807) is 6.08 Å². The number of alkyl halides is 3. The van der Waals surface area contributed by atoms with E-state index in [0.717, 1.165) is 70.0 Å². The van der Waals surface area contributed by atoms with E-state index in [2.05, 4.69) is 26.8 Å². The first-order valence-corrected chi connectivity index (χ1v) is 15.5. The number of carbonyl (C=O) groups excluding carboxylic acids is 1. The summed E-state index contributed by atoms with van der Waals surface area (Å²) in [6.07, 6.45) is 7.92. The van der Waals surface area contributed by atoms with Gasteiger partial charge < -0.3 is 14.5 Å². The Morgan fingerprint density at radius 1 is 0.878 bits per heavy atom. The van der Waals surface area contributed by atoms with Crippen LogP contribution in [0.2, 0.25) is 0 Å². The number of hydrogen-bond acceptors (Lipinski definition) is 5. The normalized spacial score (nSPS) is 22.1. The van der Waals surface area contributed by atoms with E-state index < -0.39 is 12.1 Å². The maximum absolute atomic E-state index is 13.1. The largest absolute Gasteiger partial charge is 0.492 e. The van der Waals surface area contributed by atoms with Gasteiger partial charge >= 0.3 is 6.18 Å². The third kappa shape index (κ3) is 8.51. The summed E-state index contributed by atoms with van der Waals surface area (Å²) in [5, 5.41) is 0. The quantitative estimate of drug-likeness (QED) is 0.322. The Morgan fingerprint density at radius 3 is 2.41 bits per heavy atom. The van der Waals surface area contributed by atoms with Crippen molar-refractivity contribution in [2.75, 3.05) is 59.0 Å². The summed E-state index contributed by atoms with van der Waals surface area (Å²) in [6.45, 7) is 9.62. The van der Waals surface area contributed by atoms with Gasteiger partial charge in [0, 0.05) is 64.4 Å². The van der Waals surface area contributed by atoms with Gasteiger partial charge in [-0.3, -0.25) is 14.6 Å². The highest BCUT2D eigenvalue weighted by molar-refractivity contribution is 5.77. The maximum atomic E-state index is 13.1. The van der Waals surface area contributed by atoms with Crippen LogP contribution in [-0.2, 0) is 17.9 Å². The Morgan fingerprint density at radius 2 is 1.63 bits per heavy atom. The monoisotopic (exact) mass is 574 g/mol. The Hall–Kier alpha value is -2.52. The molecular formula is C32H45F3N4O2. The minimum atomic E-state index is -4.18. The Bertz CT molecular complexity index is 1080. The van der Waals surface area contributed by atoms with Crippen LogP contribution in [0, 0.1) is 5.92 Å². The Labute approximate surface area is 242 Å². The van der Waals surface area contributed by atoms with E-state index in [1.165, 1.54) is 49.6 Å². The SMILES string of the molecule is O=C(CCCCCN1CCN(C2=CC=CC(C(F)(F)F)C2)CC1)N1Cc2ccc(OCCN3CCCCC3)cc2C1. The number of piperazine rings is 1. The first-order chi connectivity index (χ1) is 19.8. The summed E-state index contributed by atoms with van der Waals surface area (Å²) < 4.78 is 45.4. The van der Waals surface area contributed by atoms with E-state index in [9.17, 15) is 18.0 Å². The van der Waals surface area contributed by atoms with Crippen molar-refractivity contribution in [3.8, 4) is 5.75 Å². The van der Waals surface area contributed by atoms with Crippen molar-refractivity contribution in [3.05, 3.63) is 53.3 Å². The molecule has 9 heteroatoms. The molecule has 41 heavy (non-hydrogen) atoms. The average Bonchev–Trinajstić information content (AvgIpc) is 3.41. The molecule has 6 nitrogen and oxygen atoms in total. The Kier molecular flexibility index (Phi) is 10.3. The van der Waals surface area contributed by atoms with E-state index >= 15 is 0 Å². The van der Waals surface area contributed by atoms with E-state index in [0.29, 0.717) is 26.1 Å². The number of allylic oxidation sites excluding steroid dienone is 4. The number of nitrogens with zero attached hydrogens (tertiary/aromatic N) is 4. The topological polar surface area (TPSA) is 39.3 Å². The number of ether oxygens (including phenoxy) is 1. The fourth-order valence-electron chi connectivity index (χ4n) is 6.44. The molecule has 3 heterocycles. The predicted molar refractivity (Wildman–Crippen MR) is 154 cm³/mol. The second-order valence-corrected chi connectivity index (χ2v) is 12.0. The predicted octanol–water partition coefficient (Wildman–Crippen LogP) is 5.59. The van der Waals surface area contributed by atoms with Crippen LogP contribution in [0.1, 0.15) is 62.5 Å². The lowest BCUT2D eigenvalue weighted by Gasteiger charge is -2.38. The number of benzene rings is 1. The molecule has 0 saturated carbocycles. The fraction of sp³-hybridized carbons (Fsp3) is 0.656. The number of halogens is 3. The van der Waals surface area contributed by atoms with Gasteiger partial charge in [0.1, 0.15) is 12.4 Å². The molecule has 4 aliphatic rings. The lowest BCUT2D eigenvalue weighted by molar-refractivity contribution is -0.161. The van der Waals surface area contributed by atoms with Gasteiger partial charge in [-0.2, -0.15) is 13.2 Å². The summed E-state index contributed by atoms with van der Waals surface area (Å²) in [5.74, 6) is -0.258. The molecule has 5 rings (SSSR count). The zero-order valence-electron chi connectivity index (χ0n) is 24.2. The number of amides is 1. The van der Waals surface area contributed by atoms with Gasteiger partial charge in [-0.05, 0) is 74.7 Å². The number of unbranched alkanes of at least 4 members (excludes halogenated alkanes) is 2. The summed E-state index contributed by atoms with van der Waals surface area (Å²) in [5.41, 5.74) is 3.21. The van der Waals surface area contributed by atoms with Crippen molar-refractivity contribution in [2.45, 2.75) is 70.6 Å². The van der Waals surface area contributed by atoms with Crippen LogP contribution >= 0.6 is 0 Å². The molecule has 0 aromatic heterocycles. The van der Waals surface area contributed by atoms with Gasteiger partial charge in [0.2, 0.25) is 5.91 Å². The number of fused-ring (bicyclic) bond motifs is 1. The molecule has 3 aliphatic heterocycles. The molecule has 2 saturated heterocycles. The number of rotatable bonds is 11. The number of carbonyl (C=O) groups is 1. The molecular weight excluding hydrogens is 529 g/mol.